The quantitative estimate of drug-likeness (QED) is 0.666. The van der Waals surface area contributed by atoms with Gasteiger partial charge in [-0.3, -0.25) is 14.6 Å². The van der Waals surface area contributed by atoms with Crippen LogP contribution in [-0.4, -0.2) is 56.1 Å². The fourth-order valence-electron chi connectivity index (χ4n) is 3.86. The summed E-state index contributed by atoms with van der Waals surface area (Å²) in [6.45, 7) is 2.54. The Bertz CT molecular complexity index is 1150. The fourth-order valence-corrected chi connectivity index (χ4v) is 3.86. The number of hydrogen-bond acceptors (Lipinski definition) is 6. The smallest absolute Gasteiger partial charge is 0.242 e. The molecule has 158 valence electrons. The van der Waals surface area contributed by atoms with Crippen molar-refractivity contribution in [1.29, 1.82) is 5.26 Å². The summed E-state index contributed by atoms with van der Waals surface area (Å²) in [6, 6.07) is 15.8. The van der Waals surface area contributed by atoms with Crippen LogP contribution in [0.3, 0.4) is 0 Å². The van der Waals surface area contributed by atoms with Crippen molar-refractivity contribution < 1.29 is 9.53 Å². The monoisotopic (exact) mass is 415 g/mol. The number of nitriles is 1. The van der Waals surface area contributed by atoms with Crippen LogP contribution < -0.4 is 15.0 Å². The minimum Gasteiger partial charge on any atom is -0.495 e. The lowest BCUT2D eigenvalue weighted by atomic mass is 10.1. The molecule has 1 N–H and O–H groups in total. The molecule has 1 amide bonds. The van der Waals surface area contributed by atoms with Crippen molar-refractivity contribution in [2.24, 2.45) is 0 Å². The van der Waals surface area contributed by atoms with E-state index < -0.39 is 0 Å². The number of carbonyl (C=O) groups excluding carboxylic acids is 1. The number of rotatable bonds is 6. The van der Waals surface area contributed by atoms with Crippen molar-refractivity contribution in [3.63, 3.8) is 0 Å². The second-order valence-corrected chi connectivity index (χ2v) is 7.57. The van der Waals surface area contributed by atoms with Gasteiger partial charge in [0, 0.05) is 44.0 Å². The summed E-state index contributed by atoms with van der Waals surface area (Å²) in [4.78, 5) is 21.3. The van der Waals surface area contributed by atoms with Crippen molar-refractivity contribution in [2.45, 2.75) is 6.42 Å². The molecule has 1 fully saturated rings. The molecule has 7 heteroatoms. The third kappa shape index (κ3) is 4.44. The van der Waals surface area contributed by atoms with Gasteiger partial charge in [0.05, 0.1) is 19.2 Å². The van der Waals surface area contributed by atoms with Crippen LogP contribution in [-0.2, 0) is 11.2 Å². The summed E-state index contributed by atoms with van der Waals surface area (Å²) in [6.07, 6.45) is 2.61. The van der Waals surface area contributed by atoms with Gasteiger partial charge >= 0.3 is 0 Å². The molecule has 0 radical (unpaired) electrons. The standard InChI is InChI=1S/C24H25N5O2/c1-26-21-6-5-18-13-23(27-15-20(18)12-21)29-10-9-28(16-24(29)30)8-7-17-3-4-19(14-25)22(11-17)31-2/h3-6,11-13,15,26H,7-10,16H2,1-2H3. The maximum absolute atomic E-state index is 12.8. The van der Waals surface area contributed by atoms with Crippen LogP contribution in [0.5, 0.6) is 5.75 Å². The number of fused-ring (bicyclic) bond motifs is 1. The lowest BCUT2D eigenvalue weighted by Gasteiger charge is -2.33. The second kappa shape index (κ2) is 9.02. The predicted molar refractivity (Wildman–Crippen MR) is 121 cm³/mol. The number of methoxy groups -OCH3 is 1. The first-order valence-corrected chi connectivity index (χ1v) is 10.3. The normalized spacial score (nSPS) is 14.5. The molecule has 0 atom stereocenters. The number of anilines is 2. The van der Waals surface area contributed by atoms with E-state index in [4.69, 9.17) is 10.00 Å². The molecular weight excluding hydrogens is 390 g/mol. The Morgan fingerprint density at radius 2 is 2.03 bits per heavy atom. The first-order chi connectivity index (χ1) is 15.1. The zero-order valence-corrected chi connectivity index (χ0v) is 17.8. The number of ether oxygens (including phenoxy) is 1. The summed E-state index contributed by atoms with van der Waals surface area (Å²) < 4.78 is 5.28. The van der Waals surface area contributed by atoms with E-state index in [2.05, 4.69) is 21.3 Å². The van der Waals surface area contributed by atoms with E-state index >= 15 is 0 Å². The van der Waals surface area contributed by atoms with Gasteiger partial charge in [-0.15, -0.1) is 0 Å². The van der Waals surface area contributed by atoms with Gasteiger partial charge in [0.1, 0.15) is 17.6 Å². The molecule has 1 aliphatic heterocycles. The maximum Gasteiger partial charge on any atom is 0.242 e. The highest BCUT2D eigenvalue weighted by molar-refractivity contribution is 5.97. The molecule has 2 heterocycles. The SMILES string of the molecule is CNc1ccc2cc(N3CCN(CCc4ccc(C#N)c(OC)c4)CC3=O)ncc2c1. The molecule has 31 heavy (non-hydrogen) atoms. The Labute approximate surface area is 181 Å². The Balaban J connectivity index is 1.39. The van der Waals surface area contributed by atoms with E-state index in [0.29, 0.717) is 30.2 Å². The van der Waals surface area contributed by atoms with Crippen LogP contribution in [0.2, 0.25) is 0 Å². The Kier molecular flexibility index (Phi) is 6.01. The number of aromatic nitrogens is 1. The molecule has 1 aliphatic rings. The van der Waals surface area contributed by atoms with Crippen LogP contribution in [0.25, 0.3) is 10.8 Å². The maximum atomic E-state index is 12.8. The van der Waals surface area contributed by atoms with Gasteiger partial charge in [-0.1, -0.05) is 12.1 Å². The number of nitrogens with one attached hydrogen (secondary N) is 1. The molecule has 3 aromatic rings. The molecule has 0 unspecified atom stereocenters. The Hall–Kier alpha value is -3.63. The van der Waals surface area contributed by atoms with Gasteiger partial charge in [0.2, 0.25) is 5.91 Å². The van der Waals surface area contributed by atoms with Gasteiger partial charge < -0.3 is 10.1 Å². The average Bonchev–Trinajstić information content (AvgIpc) is 2.81. The van der Waals surface area contributed by atoms with Crippen molar-refractivity contribution in [3.8, 4) is 11.8 Å². The highest BCUT2D eigenvalue weighted by atomic mass is 16.5. The first-order valence-electron chi connectivity index (χ1n) is 10.3. The number of amides is 1. The fraction of sp³-hybridized carbons (Fsp3) is 0.292. The third-order valence-electron chi connectivity index (χ3n) is 5.68. The number of pyridine rings is 1. The van der Waals surface area contributed by atoms with E-state index in [0.717, 1.165) is 41.5 Å². The topological polar surface area (TPSA) is 81.5 Å². The van der Waals surface area contributed by atoms with E-state index in [1.54, 1.807) is 18.1 Å². The molecule has 4 rings (SSSR count). The zero-order chi connectivity index (χ0) is 21.8. The van der Waals surface area contributed by atoms with Crippen LogP contribution in [0, 0.1) is 11.3 Å². The van der Waals surface area contributed by atoms with Crippen molar-refractivity contribution in [2.75, 3.05) is 50.6 Å². The molecule has 2 aromatic carbocycles. The molecule has 0 bridgehead atoms. The van der Waals surface area contributed by atoms with E-state index in [1.165, 1.54) is 0 Å². The Morgan fingerprint density at radius 1 is 1.16 bits per heavy atom. The van der Waals surface area contributed by atoms with Crippen LogP contribution in [0.15, 0.2) is 48.7 Å². The zero-order valence-electron chi connectivity index (χ0n) is 17.8. The van der Waals surface area contributed by atoms with Gasteiger partial charge in [-0.25, -0.2) is 4.98 Å². The third-order valence-corrected chi connectivity index (χ3v) is 5.68. The summed E-state index contributed by atoms with van der Waals surface area (Å²) >= 11 is 0. The van der Waals surface area contributed by atoms with Crippen molar-refractivity contribution in [1.82, 2.24) is 9.88 Å². The molecular formula is C24H25N5O2. The predicted octanol–water partition coefficient (Wildman–Crippen LogP) is 3.05. The molecule has 7 nitrogen and oxygen atoms in total. The first kappa shape index (κ1) is 20.6. The molecule has 0 spiro atoms. The largest absolute Gasteiger partial charge is 0.495 e. The highest BCUT2D eigenvalue weighted by Gasteiger charge is 2.25. The van der Waals surface area contributed by atoms with Crippen molar-refractivity contribution >= 4 is 28.2 Å². The van der Waals surface area contributed by atoms with Gasteiger partial charge in [0.15, 0.2) is 0 Å². The average molecular weight is 415 g/mol. The molecule has 1 aromatic heterocycles. The lowest BCUT2D eigenvalue weighted by Crippen LogP contribution is -2.51. The number of benzene rings is 2. The summed E-state index contributed by atoms with van der Waals surface area (Å²) in [5, 5.41) is 14.3. The van der Waals surface area contributed by atoms with E-state index in [1.807, 2.05) is 49.6 Å². The van der Waals surface area contributed by atoms with E-state index in [-0.39, 0.29) is 5.91 Å². The minimum absolute atomic E-state index is 0.0577. The Morgan fingerprint density at radius 3 is 2.77 bits per heavy atom. The summed E-state index contributed by atoms with van der Waals surface area (Å²) in [7, 11) is 3.46. The van der Waals surface area contributed by atoms with Gasteiger partial charge in [0.25, 0.3) is 0 Å². The van der Waals surface area contributed by atoms with Crippen LogP contribution >= 0.6 is 0 Å². The molecule has 0 saturated carbocycles. The van der Waals surface area contributed by atoms with Crippen LogP contribution in [0.4, 0.5) is 11.5 Å². The van der Waals surface area contributed by atoms with Crippen LogP contribution in [0.1, 0.15) is 11.1 Å². The van der Waals surface area contributed by atoms with Crippen molar-refractivity contribution in [3.05, 3.63) is 59.8 Å². The highest BCUT2D eigenvalue weighted by Crippen LogP contribution is 2.24. The van der Waals surface area contributed by atoms with Gasteiger partial charge in [-0.2, -0.15) is 5.26 Å². The number of piperazine rings is 1. The lowest BCUT2D eigenvalue weighted by molar-refractivity contribution is -0.121. The minimum atomic E-state index is 0.0577. The number of carbonyl (C=O) groups is 1. The molecule has 0 aliphatic carbocycles. The second-order valence-electron chi connectivity index (χ2n) is 7.57. The summed E-state index contributed by atoms with van der Waals surface area (Å²) in [5.41, 5.74) is 2.65. The van der Waals surface area contributed by atoms with Gasteiger partial charge in [-0.05, 0) is 47.7 Å². The summed E-state index contributed by atoms with van der Waals surface area (Å²) in [5.74, 6) is 1.35. The van der Waals surface area contributed by atoms with E-state index in [9.17, 15) is 4.79 Å². The number of nitrogens with zero attached hydrogens (tertiary/aromatic N) is 4. The molecule has 1 saturated heterocycles. The number of hydrogen-bond donors (Lipinski definition) is 1.